The van der Waals surface area contributed by atoms with Gasteiger partial charge in [-0.25, -0.2) is 0 Å². The Labute approximate surface area is 127 Å². The molecule has 2 unspecified atom stereocenters. The van der Waals surface area contributed by atoms with Gasteiger partial charge in [-0.3, -0.25) is 4.79 Å². The predicted molar refractivity (Wildman–Crippen MR) is 85.2 cm³/mol. The lowest BCUT2D eigenvalue weighted by Gasteiger charge is -2.28. The summed E-state index contributed by atoms with van der Waals surface area (Å²) in [5, 5.41) is 13.3. The number of hydrogen-bond acceptors (Lipinski definition) is 2. The van der Waals surface area contributed by atoms with Crippen molar-refractivity contribution in [2.45, 2.75) is 58.0 Å². The smallest absolute Gasteiger partial charge is 0.227 e. The van der Waals surface area contributed by atoms with Crippen LogP contribution in [0, 0.1) is 5.92 Å². The number of aliphatic hydroxyl groups is 1. The van der Waals surface area contributed by atoms with Crippen molar-refractivity contribution in [3.8, 4) is 0 Å². The molecule has 2 N–H and O–H groups in total. The molecule has 21 heavy (non-hydrogen) atoms. The van der Waals surface area contributed by atoms with Crippen LogP contribution in [0.25, 0.3) is 0 Å². The van der Waals surface area contributed by atoms with Crippen molar-refractivity contribution in [1.82, 2.24) is 5.32 Å². The van der Waals surface area contributed by atoms with Crippen LogP contribution >= 0.6 is 0 Å². The lowest BCUT2D eigenvalue weighted by Crippen LogP contribution is -2.43. The van der Waals surface area contributed by atoms with Crippen LogP contribution in [0.15, 0.2) is 24.3 Å². The molecule has 0 spiro atoms. The summed E-state index contributed by atoms with van der Waals surface area (Å²) < 4.78 is 0. The van der Waals surface area contributed by atoms with Gasteiger partial charge in [0, 0.05) is 6.54 Å². The lowest BCUT2D eigenvalue weighted by molar-refractivity contribution is -0.124. The molecule has 0 bridgehead atoms. The van der Waals surface area contributed by atoms with E-state index in [0.29, 0.717) is 18.9 Å². The SMILES string of the molecule is CC(C)CC(C)(O)CNC(=O)C1CCCc2ccccc21. The molecule has 3 heteroatoms. The van der Waals surface area contributed by atoms with E-state index in [9.17, 15) is 9.90 Å². The van der Waals surface area contributed by atoms with E-state index in [1.807, 2.05) is 12.1 Å². The number of hydrogen-bond donors (Lipinski definition) is 2. The fourth-order valence-corrected chi connectivity index (χ4v) is 3.38. The van der Waals surface area contributed by atoms with E-state index in [0.717, 1.165) is 24.8 Å². The third kappa shape index (κ3) is 4.31. The van der Waals surface area contributed by atoms with Crippen LogP contribution < -0.4 is 5.32 Å². The Morgan fingerprint density at radius 2 is 2.14 bits per heavy atom. The Morgan fingerprint density at radius 3 is 2.86 bits per heavy atom. The molecule has 0 aliphatic heterocycles. The highest BCUT2D eigenvalue weighted by Gasteiger charge is 2.28. The van der Waals surface area contributed by atoms with Crippen molar-refractivity contribution in [3.63, 3.8) is 0 Å². The van der Waals surface area contributed by atoms with Gasteiger partial charge in [0.2, 0.25) is 5.91 Å². The van der Waals surface area contributed by atoms with Crippen LogP contribution in [-0.2, 0) is 11.2 Å². The van der Waals surface area contributed by atoms with Crippen molar-refractivity contribution < 1.29 is 9.90 Å². The second kappa shape index (κ2) is 6.61. The highest BCUT2D eigenvalue weighted by atomic mass is 16.3. The molecular formula is C18H27NO2. The van der Waals surface area contributed by atoms with Gasteiger partial charge in [0.1, 0.15) is 0 Å². The summed E-state index contributed by atoms with van der Waals surface area (Å²) in [7, 11) is 0. The molecule has 2 atom stereocenters. The fraction of sp³-hybridized carbons (Fsp3) is 0.611. The summed E-state index contributed by atoms with van der Waals surface area (Å²) >= 11 is 0. The second-order valence-electron chi connectivity index (χ2n) is 6.96. The number of rotatable bonds is 5. The predicted octanol–water partition coefficient (Wildman–Crippen LogP) is 3.02. The number of nitrogens with one attached hydrogen (secondary N) is 1. The van der Waals surface area contributed by atoms with E-state index < -0.39 is 5.60 Å². The summed E-state index contributed by atoms with van der Waals surface area (Å²) in [5.74, 6) is 0.392. The molecule has 116 valence electrons. The van der Waals surface area contributed by atoms with Crippen LogP contribution in [-0.4, -0.2) is 23.2 Å². The number of amides is 1. The summed E-state index contributed by atoms with van der Waals surface area (Å²) in [6.45, 7) is 6.27. The van der Waals surface area contributed by atoms with Gasteiger partial charge in [-0.1, -0.05) is 38.1 Å². The maximum atomic E-state index is 12.5. The van der Waals surface area contributed by atoms with Gasteiger partial charge in [0.15, 0.2) is 0 Å². The fourth-order valence-electron chi connectivity index (χ4n) is 3.38. The van der Waals surface area contributed by atoms with Gasteiger partial charge in [0.25, 0.3) is 0 Å². The Kier molecular flexibility index (Phi) is 5.04. The molecule has 0 heterocycles. The van der Waals surface area contributed by atoms with E-state index >= 15 is 0 Å². The third-order valence-electron chi connectivity index (χ3n) is 4.18. The minimum Gasteiger partial charge on any atom is -0.388 e. The molecule has 1 aromatic rings. The highest BCUT2D eigenvalue weighted by molar-refractivity contribution is 5.84. The number of fused-ring (bicyclic) bond motifs is 1. The quantitative estimate of drug-likeness (QED) is 0.875. The molecule has 1 amide bonds. The minimum absolute atomic E-state index is 0.0474. The van der Waals surface area contributed by atoms with E-state index in [2.05, 4.69) is 31.3 Å². The molecule has 0 saturated carbocycles. The number of carbonyl (C=O) groups is 1. The molecule has 0 fully saturated rings. The van der Waals surface area contributed by atoms with E-state index in [1.165, 1.54) is 5.56 Å². The van der Waals surface area contributed by atoms with Crippen LogP contribution in [0.4, 0.5) is 0 Å². The maximum absolute atomic E-state index is 12.5. The first-order chi connectivity index (χ1) is 9.89. The first kappa shape index (κ1) is 16.0. The topological polar surface area (TPSA) is 49.3 Å². The summed E-state index contributed by atoms with van der Waals surface area (Å²) in [6, 6.07) is 8.21. The van der Waals surface area contributed by atoms with Crippen LogP contribution in [0.5, 0.6) is 0 Å². The Morgan fingerprint density at radius 1 is 1.43 bits per heavy atom. The van der Waals surface area contributed by atoms with Crippen LogP contribution in [0.3, 0.4) is 0 Å². The number of benzene rings is 1. The third-order valence-corrected chi connectivity index (χ3v) is 4.18. The van der Waals surface area contributed by atoms with Crippen LogP contribution in [0.2, 0.25) is 0 Å². The molecule has 3 nitrogen and oxygen atoms in total. The molecule has 1 aliphatic carbocycles. The standard InChI is InChI=1S/C18H27NO2/c1-13(2)11-18(3,21)12-19-17(20)16-10-6-8-14-7-4-5-9-15(14)16/h4-5,7,9,13,16,21H,6,8,10-12H2,1-3H3,(H,19,20). The Hall–Kier alpha value is -1.35. The second-order valence-corrected chi connectivity index (χ2v) is 6.96. The van der Waals surface area contributed by atoms with Crippen molar-refractivity contribution >= 4 is 5.91 Å². The van der Waals surface area contributed by atoms with Gasteiger partial charge in [0.05, 0.1) is 11.5 Å². The molecule has 1 aromatic carbocycles. The zero-order valence-electron chi connectivity index (χ0n) is 13.4. The number of carbonyl (C=O) groups excluding carboxylic acids is 1. The van der Waals surface area contributed by atoms with Gasteiger partial charge in [-0.15, -0.1) is 0 Å². The largest absolute Gasteiger partial charge is 0.388 e. The van der Waals surface area contributed by atoms with Crippen LogP contribution in [0.1, 0.15) is 57.1 Å². The Balaban J connectivity index is 1.99. The first-order valence-corrected chi connectivity index (χ1v) is 7.97. The molecule has 0 aromatic heterocycles. The average molecular weight is 289 g/mol. The number of aryl methyl sites for hydroxylation is 1. The summed E-state index contributed by atoms with van der Waals surface area (Å²) in [4.78, 5) is 12.5. The average Bonchev–Trinajstić information content (AvgIpc) is 2.43. The monoisotopic (exact) mass is 289 g/mol. The van der Waals surface area contributed by atoms with E-state index in [1.54, 1.807) is 6.92 Å². The molecule has 1 aliphatic rings. The van der Waals surface area contributed by atoms with Crippen molar-refractivity contribution in [2.75, 3.05) is 6.54 Å². The molecular weight excluding hydrogens is 262 g/mol. The van der Waals surface area contributed by atoms with Gasteiger partial charge >= 0.3 is 0 Å². The van der Waals surface area contributed by atoms with Crippen molar-refractivity contribution in [1.29, 1.82) is 0 Å². The normalized spacial score (nSPS) is 20.7. The molecule has 0 radical (unpaired) electrons. The summed E-state index contributed by atoms with van der Waals surface area (Å²) in [6.07, 6.45) is 3.70. The molecule has 0 saturated heterocycles. The highest BCUT2D eigenvalue weighted by Crippen LogP contribution is 2.31. The van der Waals surface area contributed by atoms with Gasteiger partial charge < -0.3 is 10.4 Å². The van der Waals surface area contributed by atoms with Gasteiger partial charge in [-0.2, -0.15) is 0 Å². The molecule has 2 rings (SSSR count). The zero-order valence-corrected chi connectivity index (χ0v) is 13.4. The van der Waals surface area contributed by atoms with E-state index in [4.69, 9.17) is 0 Å². The van der Waals surface area contributed by atoms with Crippen molar-refractivity contribution in [2.24, 2.45) is 5.92 Å². The zero-order chi connectivity index (χ0) is 15.5. The van der Waals surface area contributed by atoms with Crippen molar-refractivity contribution in [3.05, 3.63) is 35.4 Å². The van der Waals surface area contributed by atoms with E-state index in [-0.39, 0.29) is 11.8 Å². The first-order valence-electron chi connectivity index (χ1n) is 7.97. The lowest BCUT2D eigenvalue weighted by atomic mass is 9.82. The maximum Gasteiger partial charge on any atom is 0.227 e. The minimum atomic E-state index is -0.835. The Bertz CT molecular complexity index is 494. The summed E-state index contributed by atoms with van der Waals surface area (Å²) in [5.41, 5.74) is 1.61. The van der Waals surface area contributed by atoms with Gasteiger partial charge in [-0.05, 0) is 49.7 Å².